The van der Waals surface area contributed by atoms with Crippen molar-refractivity contribution in [3.8, 4) is 11.1 Å². The van der Waals surface area contributed by atoms with Gasteiger partial charge in [-0.15, -0.1) is 0 Å². The average Bonchev–Trinajstić information content (AvgIpc) is 2.70. The van der Waals surface area contributed by atoms with E-state index in [1.807, 2.05) is 24.5 Å². The zero-order valence-electron chi connectivity index (χ0n) is 8.29. The Morgan fingerprint density at radius 3 is 2.88 bits per heavy atom. The van der Waals surface area contributed by atoms with Crippen LogP contribution in [0.3, 0.4) is 0 Å². The molecule has 0 aliphatic heterocycles. The molecule has 2 N–H and O–H groups in total. The predicted octanol–water partition coefficient (Wildman–Crippen LogP) is 2.34. The Morgan fingerprint density at radius 2 is 2.06 bits per heavy atom. The molecule has 0 amide bonds. The zero-order valence-corrected chi connectivity index (χ0v) is 9.11. The summed E-state index contributed by atoms with van der Waals surface area (Å²) in [6.45, 7) is 0. The molecule has 78 valence electrons. The fraction of sp³-hybridized carbons (Fsp3) is 0. The first-order chi connectivity index (χ1) is 7.84. The SMILES string of the molecule is Nc1nc2cncc(-c3cccnc3)c2s1. The topological polar surface area (TPSA) is 64.7 Å². The first-order valence-electron chi connectivity index (χ1n) is 4.75. The smallest absolute Gasteiger partial charge is 0.181 e. The van der Waals surface area contributed by atoms with Crippen molar-refractivity contribution >= 4 is 26.7 Å². The molecule has 0 bridgehead atoms. The van der Waals surface area contributed by atoms with E-state index in [1.54, 1.807) is 12.4 Å². The van der Waals surface area contributed by atoms with Crippen LogP contribution >= 0.6 is 11.3 Å². The fourth-order valence-corrected chi connectivity index (χ4v) is 2.43. The van der Waals surface area contributed by atoms with E-state index in [4.69, 9.17) is 5.73 Å². The molecule has 0 atom stereocenters. The molecule has 5 heteroatoms. The first kappa shape index (κ1) is 9.23. The van der Waals surface area contributed by atoms with Gasteiger partial charge in [0.05, 0.1) is 10.9 Å². The molecule has 0 fully saturated rings. The van der Waals surface area contributed by atoms with Gasteiger partial charge in [-0.3, -0.25) is 9.97 Å². The number of rotatable bonds is 1. The van der Waals surface area contributed by atoms with Gasteiger partial charge >= 0.3 is 0 Å². The van der Waals surface area contributed by atoms with E-state index in [1.165, 1.54) is 11.3 Å². The Bertz CT molecular complexity index is 633. The van der Waals surface area contributed by atoms with Gasteiger partial charge < -0.3 is 5.73 Å². The molecule has 16 heavy (non-hydrogen) atoms. The van der Waals surface area contributed by atoms with Gasteiger partial charge in [0.1, 0.15) is 5.52 Å². The summed E-state index contributed by atoms with van der Waals surface area (Å²) in [7, 11) is 0. The minimum atomic E-state index is 0.563. The minimum Gasteiger partial charge on any atom is -0.375 e. The van der Waals surface area contributed by atoms with Gasteiger partial charge in [-0.25, -0.2) is 4.98 Å². The van der Waals surface area contributed by atoms with Crippen LogP contribution in [0.25, 0.3) is 21.3 Å². The number of nitrogen functional groups attached to an aromatic ring is 1. The molecule has 3 heterocycles. The summed E-state index contributed by atoms with van der Waals surface area (Å²) >= 11 is 1.47. The Balaban J connectivity index is 2.31. The maximum Gasteiger partial charge on any atom is 0.181 e. The van der Waals surface area contributed by atoms with Crippen LogP contribution in [0.15, 0.2) is 36.9 Å². The summed E-state index contributed by atoms with van der Waals surface area (Å²) in [5, 5.41) is 0.563. The lowest BCUT2D eigenvalue weighted by Gasteiger charge is -2.00. The van der Waals surface area contributed by atoms with Crippen molar-refractivity contribution in [3.63, 3.8) is 0 Å². The fourth-order valence-electron chi connectivity index (χ4n) is 1.60. The number of nitrogens with two attached hydrogens (primary N) is 1. The number of aromatic nitrogens is 3. The maximum atomic E-state index is 5.70. The number of thiazole rings is 1. The number of nitrogens with zero attached hydrogens (tertiary/aromatic N) is 3. The van der Waals surface area contributed by atoms with Gasteiger partial charge in [0, 0.05) is 29.7 Å². The second-order valence-electron chi connectivity index (χ2n) is 3.33. The Morgan fingerprint density at radius 1 is 1.12 bits per heavy atom. The summed E-state index contributed by atoms with van der Waals surface area (Å²) in [6, 6.07) is 3.90. The van der Waals surface area contributed by atoms with Crippen molar-refractivity contribution in [2.45, 2.75) is 0 Å². The van der Waals surface area contributed by atoms with Crippen molar-refractivity contribution < 1.29 is 0 Å². The van der Waals surface area contributed by atoms with Crippen LogP contribution in [0.5, 0.6) is 0 Å². The molecule has 0 aliphatic rings. The van der Waals surface area contributed by atoms with Gasteiger partial charge in [-0.1, -0.05) is 17.4 Å². The van der Waals surface area contributed by atoms with Crippen LogP contribution in [-0.2, 0) is 0 Å². The number of anilines is 1. The Hall–Kier alpha value is -2.01. The molecule has 0 unspecified atom stereocenters. The number of hydrogen-bond acceptors (Lipinski definition) is 5. The zero-order chi connectivity index (χ0) is 11.0. The molecule has 0 saturated heterocycles. The summed E-state index contributed by atoms with van der Waals surface area (Å²) in [5.41, 5.74) is 8.60. The lowest BCUT2D eigenvalue weighted by molar-refractivity contribution is 1.31. The largest absolute Gasteiger partial charge is 0.375 e. The number of hydrogen-bond donors (Lipinski definition) is 1. The molecule has 0 saturated carbocycles. The van der Waals surface area contributed by atoms with Crippen LogP contribution in [0.2, 0.25) is 0 Å². The van der Waals surface area contributed by atoms with E-state index in [2.05, 4.69) is 15.0 Å². The van der Waals surface area contributed by atoms with E-state index < -0.39 is 0 Å². The third-order valence-electron chi connectivity index (χ3n) is 2.29. The molecule has 3 rings (SSSR count). The Kier molecular flexibility index (Phi) is 2.04. The van der Waals surface area contributed by atoms with Gasteiger partial charge in [-0.2, -0.15) is 0 Å². The summed E-state index contributed by atoms with van der Waals surface area (Å²) in [6.07, 6.45) is 7.10. The second-order valence-corrected chi connectivity index (χ2v) is 4.36. The van der Waals surface area contributed by atoms with E-state index >= 15 is 0 Å². The standard InChI is InChI=1S/C11H8N4S/c12-11-15-9-6-14-5-8(10(9)16-11)7-2-1-3-13-4-7/h1-6H,(H2,12,15). The van der Waals surface area contributed by atoms with Crippen molar-refractivity contribution in [2.75, 3.05) is 5.73 Å². The normalized spacial score (nSPS) is 10.8. The average molecular weight is 228 g/mol. The highest BCUT2D eigenvalue weighted by molar-refractivity contribution is 7.22. The van der Waals surface area contributed by atoms with Crippen LogP contribution in [0, 0.1) is 0 Å². The monoisotopic (exact) mass is 228 g/mol. The molecule has 4 nitrogen and oxygen atoms in total. The molecule has 0 aliphatic carbocycles. The molecular formula is C11H8N4S. The number of fused-ring (bicyclic) bond motifs is 1. The van der Waals surface area contributed by atoms with Crippen molar-refractivity contribution in [1.29, 1.82) is 0 Å². The summed E-state index contributed by atoms with van der Waals surface area (Å²) < 4.78 is 1.06. The molecule has 3 aromatic rings. The number of pyridine rings is 2. The van der Waals surface area contributed by atoms with Crippen molar-refractivity contribution in [3.05, 3.63) is 36.9 Å². The predicted molar refractivity (Wildman–Crippen MR) is 65.1 cm³/mol. The second kappa shape index (κ2) is 3.53. The van der Waals surface area contributed by atoms with Gasteiger partial charge in [0.15, 0.2) is 5.13 Å². The minimum absolute atomic E-state index is 0.563. The lowest BCUT2D eigenvalue weighted by Crippen LogP contribution is -1.82. The van der Waals surface area contributed by atoms with Crippen molar-refractivity contribution in [1.82, 2.24) is 15.0 Å². The summed E-state index contributed by atoms with van der Waals surface area (Å²) in [4.78, 5) is 12.5. The van der Waals surface area contributed by atoms with Crippen LogP contribution in [0.4, 0.5) is 5.13 Å². The first-order valence-corrected chi connectivity index (χ1v) is 5.56. The molecular weight excluding hydrogens is 220 g/mol. The third-order valence-corrected chi connectivity index (χ3v) is 3.22. The summed E-state index contributed by atoms with van der Waals surface area (Å²) in [5.74, 6) is 0. The third kappa shape index (κ3) is 1.42. The van der Waals surface area contributed by atoms with Crippen LogP contribution in [-0.4, -0.2) is 15.0 Å². The van der Waals surface area contributed by atoms with E-state index in [0.717, 1.165) is 21.3 Å². The van der Waals surface area contributed by atoms with Gasteiger partial charge in [-0.05, 0) is 6.07 Å². The Labute approximate surface area is 95.8 Å². The highest BCUT2D eigenvalue weighted by Crippen LogP contribution is 2.32. The van der Waals surface area contributed by atoms with Gasteiger partial charge in [0.2, 0.25) is 0 Å². The molecule has 0 radical (unpaired) electrons. The van der Waals surface area contributed by atoms with E-state index in [-0.39, 0.29) is 0 Å². The van der Waals surface area contributed by atoms with Gasteiger partial charge in [0.25, 0.3) is 0 Å². The van der Waals surface area contributed by atoms with E-state index in [9.17, 15) is 0 Å². The maximum absolute atomic E-state index is 5.70. The van der Waals surface area contributed by atoms with Crippen LogP contribution < -0.4 is 5.73 Å². The quantitative estimate of drug-likeness (QED) is 0.694. The molecule has 0 spiro atoms. The van der Waals surface area contributed by atoms with Crippen LogP contribution in [0.1, 0.15) is 0 Å². The van der Waals surface area contributed by atoms with E-state index in [0.29, 0.717) is 5.13 Å². The lowest BCUT2D eigenvalue weighted by atomic mass is 10.1. The molecule has 3 aromatic heterocycles. The highest BCUT2D eigenvalue weighted by Gasteiger charge is 2.08. The van der Waals surface area contributed by atoms with Crippen molar-refractivity contribution in [2.24, 2.45) is 0 Å². The molecule has 0 aromatic carbocycles. The highest BCUT2D eigenvalue weighted by atomic mass is 32.1.